The second-order valence-corrected chi connectivity index (χ2v) is 6.18. The van der Waals surface area contributed by atoms with Crippen molar-refractivity contribution in [1.82, 2.24) is 5.32 Å². The highest BCUT2D eigenvalue weighted by Gasteiger charge is 2.12. The molecule has 29 heavy (non-hydrogen) atoms. The van der Waals surface area contributed by atoms with Gasteiger partial charge in [0.15, 0.2) is 18.1 Å². The molecule has 0 spiro atoms. The standard InChI is InChI=1S/C21H22ClNO6/c1-26-17-10-14(11-18(27-2)21(17)28-3)8-9-20(25)29-13-19(24)23-12-15-6-4-5-7-16(15)22/h4-11H,12-13H2,1-3H3,(H,23,24). The minimum atomic E-state index is -0.661. The Morgan fingerprint density at radius 3 is 2.28 bits per heavy atom. The van der Waals surface area contributed by atoms with Gasteiger partial charge in [0.2, 0.25) is 5.75 Å². The summed E-state index contributed by atoms with van der Waals surface area (Å²) in [6, 6.07) is 10.5. The van der Waals surface area contributed by atoms with E-state index in [1.54, 1.807) is 30.3 Å². The highest BCUT2D eigenvalue weighted by molar-refractivity contribution is 6.31. The van der Waals surface area contributed by atoms with Gasteiger partial charge in [-0.15, -0.1) is 0 Å². The quantitative estimate of drug-likeness (QED) is 0.496. The lowest BCUT2D eigenvalue weighted by Gasteiger charge is -2.12. The van der Waals surface area contributed by atoms with Crippen LogP contribution in [0, 0.1) is 0 Å². The van der Waals surface area contributed by atoms with E-state index in [4.69, 9.17) is 30.5 Å². The highest BCUT2D eigenvalue weighted by Crippen LogP contribution is 2.38. The normalized spacial score (nSPS) is 10.5. The van der Waals surface area contributed by atoms with E-state index >= 15 is 0 Å². The first-order chi connectivity index (χ1) is 14.0. The van der Waals surface area contributed by atoms with E-state index in [0.29, 0.717) is 27.8 Å². The van der Waals surface area contributed by atoms with Crippen LogP contribution in [0.4, 0.5) is 0 Å². The van der Waals surface area contributed by atoms with Crippen LogP contribution >= 0.6 is 11.6 Å². The SMILES string of the molecule is COc1cc(C=CC(=O)OCC(=O)NCc2ccccc2Cl)cc(OC)c1OC. The molecule has 2 aromatic carbocycles. The molecule has 2 rings (SSSR count). The van der Waals surface area contributed by atoms with Crippen molar-refractivity contribution in [2.75, 3.05) is 27.9 Å². The minimum Gasteiger partial charge on any atom is -0.493 e. The van der Waals surface area contributed by atoms with Gasteiger partial charge in [-0.25, -0.2) is 4.79 Å². The smallest absolute Gasteiger partial charge is 0.331 e. The van der Waals surface area contributed by atoms with E-state index in [0.717, 1.165) is 5.56 Å². The van der Waals surface area contributed by atoms with E-state index in [1.807, 2.05) is 6.07 Å². The van der Waals surface area contributed by atoms with Gasteiger partial charge in [-0.1, -0.05) is 29.8 Å². The summed E-state index contributed by atoms with van der Waals surface area (Å²) < 4.78 is 20.7. The van der Waals surface area contributed by atoms with Crippen molar-refractivity contribution in [3.05, 3.63) is 58.6 Å². The van der Waals surface area contributed by atoms with E-state index < -0.39 is 18.5 Å². The van der Waals surface area contributed by atoms with Crippen LogP contribution in [0.15, 0.2) is 42.5 Å². The third-order valence-corrected chi connectivity index (χ3v) is 4.25. The number of ether oxygens (including phenoxy) is 4. The lowest BCUT2D eigenvalue weighted by molar-refractivity contribution is -0.143. The molecule has 0 bridgehead atoms. The van der Waals surface area contributed by atoms with E-state index in [-0.39, 0.29) is 6.54 Å². The van der Waals surface area contributed by atoms with Crippen LogP contribution < -0.4 is 19.5 Å². The van der Waals surface area contributed by atoms with Gasteiger partial charge in [0.1, 0.15) is 0 Å². The molecule has 0 saturated carbocycles. The van der Waals surface area contributed by atoms with Gasteiger partial charge in [-0.2, -0.15) is 0 Å². The number of halogens is 1. The number of carbonyl (C=O) groups is 2. The third-order valence-electron chi connectivity index (χ3n) is 3.88. The Morgan fingerprint density at radius 1 is 1.03 bits per heavy atom. The Labute approximate surface area is 174 Å². The molecule has 0 aliphatic heterocycles. The molecule has 0 aliphatic carbocycles. The molecular formula is C21H22ClNO6. The summed E-state index contributed by atoms with van der Waals surface area (Å²) in [6.45, 7) is -0.153. The number of benzene rings is 2. The van der Waals surface area contributed by atoms with E-state index in [9.17, 15) is 9.59 Å². The molecule has 0 atom stereocenters. The van der Waals surface area contributed by atoms with E-state index in [1.165, 1.54) is 33.5 Å². The Kier molecular flexibility index (Phi) is 8.36. The second-order valence-electron chi connectivity index (χ2n) is 5.77. The van der Waals surface area contributed by atoms with Crippen LogP contribution in [0.25, 0.3) is 6.08 Å². The molecule has 0 aliphatic rings. The molecule has 8 heteroatoms. The van der Waals surface area contributed by atoms with Crippen molar-refractivity contribution in [3.8, 4) is 17.2 Å². The molecule has 1 amide bonds. The predicted molar refractivity (Wildman–Crippen MR) is 109 cm³/mol. The Hall–Kier alpha value is -3.19. The van der Waals surface area contributed by atoms with Crippen molar-refractivity contribution in [2.24, 2.45) is 0 Å². The molecule has 0 saturated heterocycles. The lowest BCUT2D eigenvalue weighted by atomic mass is 10.1. The van der Waals surface area contributed by atoms with Gasteiger partial charge < -0.3 is 24.3 Å². The van der Waals surface area contributed by atoms with Crippen molar-refractivity contribution >= 4 is 29.6 Å². The van der Waals surface area contributed by atoms with Crippen LogP contribution in [-0.4, -0.2) is 39.8 Å². The van der Waals surface area contributed by atoms with Crippen molar-refractivity contribution in [3.63, 3.8) is 0 Å². The number of hydrogen-bond acceptors (Lipinski definition) is 6. The molecule has 0 fully saturated rings. The number of hydrogen-bond donors (Lipinski definition) is 1. The van der Waals surface area contributed by atoms with Crippen LogP contribution in [0.5, 0.6) is 17.2 Å². The maximum Gasteiger partial charge on any atom is 0.331 e. The molecule has 0 heterocycles. The molecule has 2 aromatic rings. The number of nitrogens with one attached hydrogen (secondary N) is 1. The number of rotatable bonds is 9. The second kappa shape index (κ2) is 11.0. The van der Waals surface area contributed by atoms with Gasteiger partial charge in [-0.05, 0) is 35.4 Å². The predicted octanol–water partition coefficient (Wildman–Crippen LogP) is 3.24. The molecule has 154 valence electrons. The van der Waals surface area contributed by atoms with Gasteiger partial charge in [-0.3, -0.25) is 4.79 Å². The number of carbonyl (C=O) groups excluding carboxylic acids is 2. The zero-order valence-electron chi connectivity index (χ0n) is 16.4. The van der Waals surface area contributed by atoms with Gasteiger partial charge in [0, 0.05) is 17.6 Å². The fourth-order valence-corrected chi connectivity index (χ4v) is 2.64. The molecule has 0 aromatic heterocycles. The largest absolute Gasteiger partial charge is 0.493 e. The van der Waals surface area contributed by atoms with Crippen LogP contribution in [0.3, 0.4) is 0 Å². The average Bonchev–Trinajstić information content (AvgIpc) is 2.74. The van der Waals surface area contributed by atoms with Crippen molar-refractivity contribution < 1.29 is 28.5 Å². The van der Waals surface area contributed by atoms with Crippen LogP contribution in [-0.2, 0) is 20.9 Å². The summed E-state index contributed by atoms with van der Waals surface area (Å²) in [5, 5.41) is 3.19. The van der Waals surface area contributed by atoms with Crippen molar-refractivity contribution in [2.45, 2.75) is 6.54 Å². The highest BCUT2D eigenvalue weighted by atomic mass is 35.5. The molecule has 7 nitrogen and oxygen atoms in total. The van der Waals surface area contributed by atoms with Gasteiger partial charge in [0.25, 0.3) is 5.91 Å². The summed E-state index contributed by atoms with van der Waals surface area (Å²) in [7, 11) is 4.50. The summed E-state index contributed by atoms with van der Waals surface area (Å²) >= 11 is 6.03. The topological polar surface area (TPSA) is 83.1 Å². The maximum absolute atomic E-state index is 11.9. The van der Waals surface area contributed by atoms with Crippen molar-refractivity contribution in [1.29, 1.82) is 0 Å². The first kappa shape index (κ1) is 22.1. The number of esters is 1. The Balaban J connectivity index is 1.89. The average molecular weight is 420 g/mol. The zero-order valence-corrected chi connectivity index (χ0v) is 17.1. The minimum absolute atomic E-state index is 0.247. The zero-order chi connectivity index (χ0) is 21.2. The summed E-state index contributed by atoms with van der Waals surface area (Å²) in [5.41, 5.74) is 1.41. The Bertz CT molecular complexity index is 871. The monoisotopic (exact) mass is 419 g/mol. The summed E-state index contributed by atoms with van der Waals surface area (Å²) in [4.78, 5) is 23.7. The fourth-order valence-electron chi connectivity index (χ4n) is 2.43. The fraction of sp³-hybridized carbons (Fsp3) is 0.238. The van der Waals surface area contributed by atoms with Crippen LogP contribution in [0.2, 0.25) is 5.02 Å². The molecule has 0 radical (unpaired) electrons. The van der Waals surface area contributed by atoms with Crippen LogP contribution in [0.1, 0.15) is 11.1 Å². The first-order valence-electron chi connectivity index (χ1n) is 8.63. The lowest BCUT2D eigenvalue weighted by Crippen LogP contribution is -2.28. The maximum atomic E-state index is 11.9. The third kappa shape index (κ3) is 6.43. The molecule has 1 N–H and O–H groups in total. The number of methoxy groups -OCH3 is 3. The molecular weight excluding hydrogens is 398 g/mol. The van der Waals surface area contributed by atoms with Gasteiger partial charge in [0.05, 0.1) is 21.3 Å². The van der Waals surface area contributed by atoms with Gasteiger partial charge >= 0.3 is 5.97 Å². The summed E-state index contributed by atoms with van der Waals surface area (Å²) in [6.07, 6.45) is 2.73. The summed E-state index contributed by atoms with van der Waals surface area (Å²) in [5.74, 6) is 0.272. The first-order valence-corrected chi connectivity index (χ1v) is 9.01. The Morgan fingerprint density at radius 2 is 1.69 bits per heavy atom. The molecule has 0 unspecified atom stereocenters. The van der Waals surface area contributed by atoms with E-state index in [2.05, 4.69) is 5.32 Å². The number of amides is 1.